The monoisotopic (exact) mass is 165 g/mol. The Bertz CT molecular complexity index is 210. The quantitative estimate of drug-likeness (QED) is 0.742. The van der Waals surface area contributed by atoms with Gasteiger partial charge in [0.1, 0.15) is 0 Å². The Morgan fingerprint density at radius 1 is 1.58 bits per heavy atom. The number of hydrogen-bond acceptors (Lipinski definition) is 2. The first kappa shape index (κ1) is 9.20. The van der Waals surface area contributed by atoms with Crippen molar-refractivity contribution < 1.29 is 5.11 Å². The molecule has 66 valence electrons. The van der Waals surface area contributed by atoms with E-state index in [9.17, 15) is 5.11 Å². The number of unbranched alkanes of at least 4 members (excludes halogenated alkanes) is 1. The van der Waals surface area contributed by atoms with Crippen molar-refractivity contribution in [2.24, 2.45) is 0 Å². The van der Waals surface area contributed by atoms with Crippen molar-refractivity contribution in [1.82, 2.24) is 4.98 Å². The van der Waals surface area contributed by atoms with E-state index in [4.69, 9.17) is 0 Å². The summed E-state index contributed by atoms with van der Waals surface area (Å²) in [6.45, 7) is 2.12. The minimum atomic E-state index is -0.335. The number of rotatable bonds is 4. The van der Waals surface area contributed by atoms with Crippen LogP contribution in [0.25, 0.3) is 0 Å². The van der Waals surface area contributed by atoms with E-state index in [2.05, 4.69) is 11.9 Å². The standard InChI is InChI=1S/C10H15NO/c1-2-3-6-10(12)9-5-4-7-11-8-9/h4-5,7-8,10,12H,2-3,6H2,1H3/t10-/m1/s1. The van der Waals surface area contributed by atoms with Crippen LogP contribution in [0.5, 0.6) is 0 Å². The maximum Gasteiger partial charge on any atom is 0.0804 e. The van der Waals surface area contributed by atoms with Gasteiger partial charge in [0.15, 0.2) is 0 Å². The van der Waals surface area contributed by atoms with Crippen molar-refractivity contribution in [3.63, 3.8) is 0 Å². The van der Waals surface area contributed by atoms with Crippen LogP contribution in [-0.2, 0) is 0 Å². The van der Waals surface area contributed by atoms with Crippen LogP contribution in [0, 0.1) is 0 Å². The van der Waals surface area contributed by atoms with Crippen molar-refractivity contribution in [1.29, 1.82) is 0 Å². The summed E-state index contributed by atoms with van der Waals surface area (Å²) in [5, 5.41) is 9.61. The van der Waals surface area contributed by atoms with E-state index < -0.39 is 0 Å². The lowest BCUT2D eigenvalue weighted by Gasteiger charge is -2.08. The smallest absolute Gasteiger partial charge is 0.0804 e. The van der Waals surface area contributed by atoms with Gasteiger partial charge < -0.3 is 5.11 Å². The molecule has 0 bridgehead atoms. The van der Waals surface area contributed by atoms with Crippen molar-refractivity contribution in [2.45, 2.75) is 32.3 Å². The molecule has 0 fully saturated rings. The van der Waals surface area contributed by atoms with Crippen molar-refractivity contribution in [3.8, 4) is 0 Å². The molecule has 0 saturated heterocycles. The van der Waals surface area contributed by atoms with E-state index in [0.717, 1.165) is 24.8 Å². The van der Waals surface area contributed by atoms with Crippen LogP contribution in [0.3, 0.4) is 0 Å². The Morgan fingerprint density at radius 3 is 3.00 bits per heavy atom. The molecule has 0 radical (unpaired) electrons. The second-order valence-electron chi connectivity index (χ2n) is 2.94. The average molecular weight is 165 g/mol. The molecule has 0 aliphatic carbocycles. The molecule has 2 nitrogen and oxygen atoms in total. The number of pyridine rings is 1. The molecule has 0 unspecified atom stereocenters. The molecule has 12 heavy (non-hydrogen) atoms. The molecule has 1 atom stereocenters. The van der Waals surface area contributed by atoms with Crippen molar-refractivity contribution in [3.05, 3.63) is 30.1 Å². The van der Waals surface area contributed by atoms with Crippen LogP contribution < -0.4 is 0 Å². The Morgan fingerprint density at radius 2 is 2.42 bits per heavy atom. The molecule has 2 heteroatoms. The third kappa shape index (κ3) is 2.62. The minimum Gasteiger partial charge on any atom is -0.388 e. The predicted molar refractivity (Wildman–Crippen MR) is 48.7 cm³/mol. The summed E-state index contributed by atoms with van der Waals surface area (Å²) in [5.41, 5.74) is 0.922. The third-order valence-corrected chi connectivity index (χ3v) is 1.90. The second-order valence-corrected chi connectivity index (χ2v) is 2.94. The van der Waals surface area contributed by atoms with Gasteiger partial charge in [-0.05, 0) is 18.1 Å². The van der Waals surface area contributed by atoms with Crippen molar-refractivity contribution >= 4 is 0 Å². The molecule has 1 rings (SSSR count). The number of nitrogens with zero attached hydrogens (tertiary/aromatic N) is 1. The fraction of sp³-hybridized carbons (Fsp3) is 0.500. The summed E-state index contributed by atoms with van der Waals surface area (Å²) >= 11 is 0. The zero-order valence-electron chi connectivity index (χ0n) is 7.40. The molecular formula is C10H15NO. The maximum absolute atomic E-state index is 9.61. The van der Waals surface area contributed by atoms with Gasteiger partial charge in [-0.15, -0.1) is 0 Å². The van der Waals surface area contributed by atoms with E-state index in [1.54, 1.807) is 12.4 Å². The average Bonchev–Trinajstić information content (AvgIpc) is 2.15. The van der Waals surface area contributed by atoms with Crippen LogP contribution in [0.2, 0.25) is 0 Å². The SMILES string of the molecule is CCCC[C@@H](O)c1cccnc1. The lowest BCUT2D eigenvalue weighted by Crippen LogP contribution is -1.96. The molecule has 0 saturated carbocycles. The Hall–Kier alpha value is -0.890. The number of aliphatic hydroxyl groups excluding tert-OH is 1. The first-order valence-electron chi connectivity index (χ1n) is 4.42. The van der Waals surface area contributed by atoms with E-state index in [-0.39, 0.29) is 6.10 Å². The molecule has 1 N–H and O–H groups in total. The number of hydrogen-bond donors (Lipinski definition) is 1. The summed E-state index contributed by atoms with van der Waals surface area (Å²) in [5.74, 6) is 0. The van der Waals surface area contributed by atoms with Gasteiger partial charge in [0.05, 0.1) is 6.10 Å². The van der Waals surface area contributed by atoms with Crippen LogP contribution >= 0.6 is 0 Å². The molecule has 0 amide bonds. The predicted octanol–water partition coefficient (Wildman–Crippen LogP) is 2.31. The first-order chi connectivity index (χ1) is 5.84. The Kier molecular flexibility index (Phi) is 3.74. The summed E-state index contributed by atoms with van der Waals surface area (Å²) in [6.07, 6.45) is 6.13. The highest BCUT2D eigenvalue weighted by atomic mass is 16.3. The third-order valence-electron chi connectivity index (χ3n) is 1.90. The summed E-state index contributed by atoms with van der Waals surface area (Å²) in [7, 11) is 0. The highest BCUT2D eigenvalue weighted by molar-refractivity contribution is 5.11. The number of aliphatic hydroxyl groups is 1. The largest absolute Gasteiger partial charge is 0.388 e. The van der Waals surface area contributed by atoms with E-state index in [1.165, 1.54) is 0 Å². The Balaban J connectivity index is 2.48. The van der Waals surface area contributed by atoms with Crippen LogP contribution in [0.4, 0.5) is 0 Å². The molecule has 0 spiro atoms. The van der Waals surface area contributed by atoms with Gasteiger partial charge in [-0.2, -0.15) is 0 Å². The maximum atomic E-state index is 9.61. The fourth-order valence-corrected chi connectivity index (χ4v) is 1.14. The Labute approximate surface area is 73.3 Å². The highest BCUT2D eigenvalue weighted by Gasteiger charge is 2.05. The first-order valence-corrected chi connectivity index (χ1v) is 4.42. The van der Waals surface area contributed by atoms with Gasteiger partial charge in [-0.1, -0.05) is 25.8 Å². The zero-order valence-corrected chi connectivity index (χ0v) is 7.40. The molecule has 1 heterocycles. The van der Waals surface area contributed by atoms with Gasteiger partial charge in [0, 0.05) is 12.4 Å². The van der Waals surface area contributed by atoms with Gasteiger partial charge in [-0.25, -0.2) is 0 Å². The van der Waals surface area contributed by atoms with Crippen molar-refractivity contribution in [2.75, 3.05) is 0 Å². The molecule has 0 aliphatic rings. The van der Waals surface area contributed by atoms with Crippen LogP contribution in [0.15, 0.2) is 24.5 Å². The van der Waals surface area contributed by atoms with Gasteiger partial charge in [0.25, 0.3) is 0 Å². The van der Waals surface area contributed by atoms with Crippen LogP contribution in [0.1, 0.15) is 37.9 Å². The zero-order chi connectivity index (χ0) is 8.81. The van der Waals surface area contributed by atoms with Gasteiger partial charge in [-0.3, -0.25) is 4.98 Å². The van der Waals surface area contributed by atoms with E-state index in [1.807, 2.05) is 12.1 Å². The molecule has 1 aromatic heterocycles. The molecule has 0 aliphatic heterocycles. The fourth-order valence-electron chi connectivity index (χ4n) is 1.14. The molecule has 0 aromatic carbocycles. The molecular weight excluding hydrogens is 150 g/mol. The van der Waals surface area contributed by atoms with Gasteiger partial charge in [0.2, 0.25) is 0 Å². The van der Waals surface area contributed by atoms with E-state index >= 15 is 0 Å². The second kappa shape index (κ2) is 4.88. The molecule has 1 aromatic rings. The lowest BCUT2D eigenvalue weighted by atomic mass is 10.1. The number of aromatic nitrogens is 1. The summed E-state index contributed by atoms with van der Waals surface area (Å²) in [6, 6.07) is 3.76. The van der Waals surface area contributed by atoms with E-state index in [0.29, 0.717) is 0 Å². The lowest BCUT2D eigenvalue weighted by molar-refractivity contribution is 0.164. The minimum absolute atomic E-state index is 0.335. The summed E-state index contributed by atoms with van der Waals surface area (Å²) < 4.78 is 0. The topological polar surface area (TPSA) is 33.1 Å². The highest BCUT2D eigenvalue weighted by Crippen LogP contribution is 2.17. The van der Waals surface area contributed by atoms with Crippen LogP contribution in [-0.4, -0.2) is 10.1 Å². The normalized spacial score (nSPS) is 12.8. The summed E-state index contributed by atoms with van der Waals surface area (Å²) in [4.78, 5) is 3.95. The van der Waals surface area contributed by atoms with Gasteiger partial charge >= 0.3 is 0 Å².